The Kier molecular flexibility index (Phi) is 5.56. The molecule has 0 atom stereocenters. The molecule has 2 amide bonds. The molecule has 154 valence electrons. The van der Waals surface area contributed by atoms with Gasteiger partial charge in [0.1, 0.15) is 18.1 Å². The van der Waals surface area contributed by atoms with Crippen LogP contribution in [-0.4, -0.2) is 57.6 Å². The summed E-state index contributed by atoms with van der Waals surface area (Å²) in [6.45, 7) is 5.14. The van der Waals surface area contributed by atoms with Gasteiger partial charge in [-0.15, -0.1) is 0 Å². The van der Waals surface area contributed by atoms with E-state index in [1.807, 2.05) is 30.0 Å². The zero-order valence-electron chi connectivity index (χ0n) is 17.2. The van der Waals surface area contributed by atoms with Crippen LogP contribution in [0.5, 0.6) is 5.75 Å². The van der Waals surface area contributed by atoms with Crippen molar-refractivity contribution in [2.75, 3.05) is 26.2 Å². The van der Waals surface area contributed by atoms with Crippen LogP contribution >= 0.6 is 0 Å². The first-order valence-corrected chi connectivity index (χ1v) is 10.3. The van der Waals surface area contributed by atoms with Crippen molar-refractivity contribution in [1.82, 2.24) is 19.6 Å². The fourth-order valence-electron chi connectivity index (χ4n) is 4.13. The predicted octanol–water partition coefficient (Wildman–Crippen LogP) is 2.32. The molecule has 4 rings (SSSR count). The maximum absolute atomic E-state index is 13.0. The molecule has 2 aliphatic rings. The van der Waals surface area contributed by atoms with Gasteiger partial charge in [0.15, 0.2) is 0 Å². The van der Waals surface area contributed by atoms with Gasteiger partial charge in [0, 0.05) is 38.7 Å². The van der Waals surface area contributed by atoms with Gasteiger partial charge >= 0.3 is 0 Å². The maximum Gasteiger partial charge on any atom is 0.272 e. The Bertz CT molecular complexity index is 915. The lowest BCUT2D eigenvalue weighted by Gasteiger charge is -2.20. The molecule has 0 radical (unpaired) electrons. The van der Waals surface area contributed by atoms with E-state index in [-0.39, 0.29) is 11.8 Å². The molecule has 0 unspecified atom stereocenters. The average molecular weight is 396 g/mol. The predicted molar refractivity (Wildman–Crippen MR) is 109 cm³/mol. The van der Waals surface area contributed by atoms with Crippen molar-refractivity contribution in [3.8, 4) is 5.75 Å². The summed E-state index contributed by atoms with van der Waals surface area (Å²) in [5.41, 5.74) is 3.50. The second-order valence-electron chi connectivity index (χ2n) is 7.90. The molecule has 1 aromatic heterocycles. The zero-order valence-corrected chi connectivity index (χ0v) is 17.2. The number of hydrogen-bond donors (Lipinski definition) is 0. The summed E-state index contributed by atoms with van der Waals surface area (Å²) in [5, 5.41) is 4.28. The Morgan fingerprint density at radius 1 is 1.10 bits per heavy atom. The molecule has 0 saturated carbocycles. The van der Waals surface area contributed by atoms with Crippen LogP contribution in [0, 0.1) is 6.92 Å². The number of nitrogens with zero attached hydrogens (tertiary/aromatic N) is 4. The van der Waals surface area contributed by atoms with Gasteiger partial charge in [-0.05, 0) is 43.9 Å². The summed E-state index contributed by atoms with van der Waals surface area (Å²) < 4.78 is 7.50. The summed E-state index contributed by atoms with van der Waals surface area (Å²) in [5.74, 6) is 1.01. The van der Waals surface area contributed by atoms with Gasteiger partial charge in [-0.1, -0.05) is 12.1 Å². The van der Waals surface area contributed by atoms with Gasteiger partial charge in [0.25, 0.3) is 5.91 Å². The number of aromatic nitrogens is 2. The molecule has 2 aliphatic heterocycles. The third-order valence-electron chi connectivity index (χ3n) is 5.70. The third-order valence-corrected chi connectivity index (χ3v) is 5.70. The highest BCUT2D eigenvalue weighted by molar-refractivity contribution is 5.92. The number of likely N-dealkylation sites (tertiary alicyclic amines) is 1. The number of carbonyl (C=O) groups excluding carboxylic acids is 2. The molecule has 3 heterocycles. The highest BCUT2D eigenvalue weighted by Gasteiger charge is 2.24. The van der Waals surface area contributed by atoms with E-state index in [0.29, 0.717) is 38.2 Å². The highest BCUT2D eigenvalue weighted by Crippen LogP contribution is 2.26. The fourth-order valence-corrected chi connectivity index (χ4v) is 4.13. The quantitative estimate of drug-likeness (QED) is 0.795. The first-order valence-electron chi connectivity index (χ1n) is 10.3. The van der Waals surface area contributed by atoms with E-state index >= 15 is 0 Å². The maximum atomic E-state index is 13.0. The van der Waals surface area contributed by atoms with E-state index in [9.17, 15) is 9.59 Å². The van der Waals surface area contributed by atoms with E-state index in [4.69, 9.17) is 4.74 Å². The number of carbonyl (C=O) groups is 2. The van der Waals surface area contributed by atoms with Gasteiger partial charge in [-0.25, -0.2) is 0 Å². The van der Waals surface area contributed by atoms with E-state index in [1.54, 1.807) is 16.6 Å². The average Bonchev–Trinajstić information content (AvgIpc) is 3.30. The Labute approximate surface area is 171 Å². The molecule has 29 heavy (non-hydrogen) atoms. The highest BCUT2D eigenvalue weighted by atomic mass is 16.5. The van der Waals surface area contributed by atoms with Crippen molar-refractivity contribution in [2.45, 2.75) is 39.2 Å². The largest absolute Gasteiger partial charge is 0.491 e. The Morgan fingerprint density at radius 2 is 1.90 bits per heavy atom. The van der Waals surface area contributed by atoms with Crippen LogP contribution in [-0.2, 0) is 24.8 Å². The molecular weight excluding hydrogens is 368 g/mol. The first kappa shape index (κ1) is 19.5. The van der Waals surface area contributed by atoms with Gasteiger partial charge in [-0.3, -0.25) is 14.3 Å². The Balaban J connectivity index is 1.46. The van der Waals surface area contributed by atoms with Crippen molar-refractivity contribution in [1.29, 1.82) is 0 Å². The summed E-state index contributed by atoms with van der Waals surface area (Å²) in [6.07, 6.45) is 3.46. The topological polar surface area (TPSA) is 67.7 Å². The molecule has 7 heteroatoms. The lowest BCUT2D eigenvalue weighted by atomic mass is 10.0. The molecule has 0 aliphatic carbocycles. The van der Waals surface area contributed by atoms with Crippen LogP contribution in [0.3, 0.4) is 0 Å². The van der Waals surface area contributed by atoms with E-state index in [0.717, 1.165) is 48.5 Å². The summed E-state index contributed by atoms with van der Waals surface area (Å²) in [7, 11) is 1.79. The lowest BCUT2D eigenvalue weighted by Crippen LogP contribution is -2.33. The molecule has 1 saturated heterocycles. The number of amides is 2. The third kappa shape index (κ3) is 4.28. The van der Waals surface area contributed by atoms with Gasteiger partial charge in [0.05, 0.1) is 12.2 Å². The van der Waals surface area contributed by atoms with E-state index in [2.05, 4.69) is 11.2 Å². The zero-order chi connectivity index (χ0) is 20.4. The smallest absolute Gasteiger partial charge is 0.272 e. The monoisotopic (exact) mass is 396 g/mol. The minimum atomic E-state index is -0.0424. The van der Waals surface area contributed by atoms with Crippen LogP contribution in [0.25, 0.3) is 0 Å². The number of fused-ring (bicyclic) bond motifs is 1. The minimum Gasteiger partial charge on any atom is -0.491 e. The van der Waals surface area contributed by atoms with Gasteiger partial charge < -0.3 is 14.5 Å². The minimum absolute atomic E-state index is 0.0424. The number of rotatable bonds is 4. The van der Waals surface area contributed by atoms with Gasteiger partial charge in [-0.2, -0.15) is 5.10 Å². The molecule has 1 fully saturated rings. The standard InChI is InChI=1S/C22H28N4O3/c1-16-13-19(24(2)23-16)22(28)26-11-12-29-20-7-5-17(14-18(20)15-26)6-8-21(27)25-9-3-4-10-25/h5,7,13-14H,3-4,6,8-12,15H2,1-2H3. The van der Waals surface area contributed by atoms with Crippen LogP contribution in [0.15, 0.2) is 24.3 Å². The molecular formula is C22H28N4O3. The molecule has 2 aromatic rings. The van der Waals surface area contributed by atoms with Crippen molar-refractivity contribution < 1.29 is 14.3 Å². The molecule has 0 spiro atoms. The first-order chi connectivity index (χ1) is 14.0. The molecule has 1 aromatic carbocycles. The summed E-state index contributed by atoms with van der Waals surface area (Å²) in [6, 6.07) is 7.88. The van der Waals surface area contributed by atoms with Crippen LogP contribution in [0.1, 0.15) is 46.6 Å². The number of benzene rings is 1. The van der Waals surface area contributed by atoms with Gasteiger partial charge in [0.2, 0.25) is 5.91 Å². The van der Waals surface area contributed by atoms with E-state index < -0.39 is 0 Å². The summed E-state index contributed by atoms with van der Waals surface area (Å²) >= 11 is 0. The fraction of sp³-hybridized carbons (Fsp3) is 0.500. The van der Waals surface area contributed by atoms with Crippen molar-refractivity contribution in [3.63, 3.8) is 0 Å². The lowest BCUT2D eigenvalue weighted by molar-refractivity contribution is -0.130. The van der Waals surface area contributed by atoms with Crippen molar-refractivity contribution >= 4 is 11.8 Å². The van der Waals surface area contributed by atoms with Crippen LogP contribution in [0.4, 0.5) is 0 Å². The molecule has 0 N–H and O–H groups in total. The molecule has 0 bridgehead atoms. The van der Waals surface area contributed by atoms with Crippen molar-refractivity contribution in [2.24, 2.45) is 7.05 Å². The number of hydrogen-bond acceptors (Lipinski definition) is 4. The summed E-state index contributed by atoms with van der Waals surface area (Å²) in [4.78, 5) is 29.1. The second kappa shape index (κ2) is 8.27. The normalized spacial score (nSPS) is 16.3. The van der Waals surface area contributed by atoms with Crippen molar-refractivity contribution in [3.05, 3.63) is 46.8 Å². The Morgan fingerprint density at radius 3 is 2.62 bits per heavy atom. The second-order valence-corrected chi connectivity index (χ2v) is 7.90. The molecule has 7 nitrogen and oxygen atoms in total. The Hall–Kier alpha value is -2.83. The number of aryl methyl sites for hydroxylation is 3. The SMILES string of the molecule is Cc1cc(C(=O)N2CCOc3ccc(CCC(=O)N4CCCC4)cc3C2)n(C)n1. The van der Waals surface area contributed by atoms with E-state index in [1.165, 1.54) is 0 Å². The van der Waals surface area contributed by atoms with Crippen LogP contribution < -0.4 is 4.74 Å². The van der Waals surface area contributed by atoms with Crippen LogP contribution in [0.2, 0.25) is 0 Å². The number of ether oxygens (including phenoxy) is 1.